The number of ether oxygens (including phenoxy) is 1. The Hall–Kier alpha value is -1.68. The van der Waals surface area contributed by atoms with Gasteiger partial charge in [-0.25, -0.2) is 0 Å². The van der Waals surface area contributed by atoms with Crippen molar-refractivity contribution in [2.45, 2.75) is 6.92 Å². The molecule has 0 atom stereocenters. The average Bonchev–Trinajstić information content (AvgIpc) is 2.25. The van der Waals surface area contributed by atoms with Crippen molar-refractivity contribution >= 4 is 11.6 Å². The number of aromatic nitrogens is 3. The molecule has 76 valence electrons. The number of hydrogen-bond acceptors (Lipinski definition) is 4. The van der Waals surface area contributed by atoms with E-state index < -0.39 is 0 Å². The van der Waals surface area contributed by atoms with Gasteiger partial charge in [0.25, 0.3) is 0 Å². The Morgan fingerprint density at radius 3 is 2.60 bits per heavy atom. The highest BCUT2D eigenvalue weighted by Gasteiger charge is 1.99. The van der Waals surface area contributed by atoms with Crippen LogP contribution in [0.2, 0.25) is 5.15 Å². The number of halogens is 1. The largest absolute Gasteiger partial charge is 0.436 e. The minimum Gasteiger partial charge on any atom is -0.436 e. The van der Waals surface area contributed by atoms with E-state index in [1.165, 1.54) is 0 Å². The van der Waals surface area contributed by atoms with E-state index in [1.807, 2.05) is 19.1 Å². The van der Waals surface area contributed by atoms with Crippen molar-refractivity contribution in [3.63, 3.8) is 0 Å². The molecular formula is C10H8ClN3O. The highest BCUT2D eigenvalue weighted by Crippen LogP contribution is 2.18. The first kappa shape index (κ1) is 9.86. The van der Waals surface area contributed by atoms with Crippen LogP contribution >= 0.6 is 11.6 Å². The van der Waals surface area contributed by atoms with Crippen molar-refractivity contribution < 1.29 is 4.74 Å². The van der Waals surface area contributed by atoms with Crippen molar-refractivity contribution in [1.82, 2.24) is 15.2 Å². The normalized spacial score (nSPS) is 10.0. The van der Waals surface area contributed by atoms with E-state index in [1.54, 1.807) is 18.3 Å². The van der Waals surface area contributed by atoms with Crippen LogP contribution in [0, 0.1) is 6.92 Å². The second-order valence-electron chi connectivity index (χ2n) is 2.93. The molecule has 0 bridgehead atoms. The van der Waals surface area contributed by atoms with Crippen LogP contribution in [-0.4, -0.2) is 15.2 Å². The molecule has 0 saturated carbocycles. The fraction of sp³-hybridized carbons (Fsp3) is 0.100. The van der Waals surface area contributed by atoms with Crippen LogP contribution in [-0.2, 0) is 0 Å². The van der Waals surface area contributed by atoms with E-state index >= 15 is 0 Å². The van der Waals surface area contributed by atoms with E-state index in [0.717, 1.165) is 5.69 Å². The summed E-state index contributed by atoms with van der Waals surface area (Å²) in [4.78, 5) is 4.09. The van der Waals surface area contributed by atoms with Crippen molar-refractivity contribution in [2.24, 2.45) is 0 Å². The second kappa shape index (κ2) is 4.23. The minimum atomic E-state index is 0.337. The molecule has 15 heavy (non-hydrogen) atoms. The van der Waals surface area contributed by atoms with Gasteiger partial charge in [-0.3, -0.25) is 4.98 Å². The third kappa shape index (κ3) is 2.63. The molecule has 0 aromatic carbocycles. The van der Waals surface area contributed by atoms with Crippen LogP contribution in [0.1, 0.15) is 5.69 Å². The van der Waals surface area contributed by atoms with Gasteiger partial charge < -0.3 is 4.74 Å². The van der Waals surface area contributed by atoms with Gasteiger partial charge in [0.1, 0.15) is 5.75 Å². The number of pyridine rings is 1. The molecule has 0 aliphatic rings. The number of aryl methyl sites for hydroxylation is 1. The molecule has 2 aromatic rings. The SMILES string of the molecule is Cc1ccc(Oc2ccc(Cl)nn2)cn1. The third-order valence-electron chi connectivity index (χ3n) is 1.71. The standard InChI is InChI=1S/C10H8ClN3O/c1-7-2-3-8(6-12-7)15-10-5-4-9(11)13-14-10/h2-6H,1H3. The molecule has 0 saturated heterocycles. The zero-order valence-electron chi connectivity index (χ0n) is 8.01. The van der Waals surface area contributed by atoms with Gasteiger partial charge in [-0.2, -0.15) is 0 Å². The summed E-state index contributed by atoms with van der Waals surface area (Å²) < 4.78 is 5.39. The monoisotopic (exact) mass is 221 g/mol. The smallest absolute Gasteiger partial charge is 0.239 e. The third-order valence-corrected chi connectivity index (χ3v) is 1.92. The Morgan fingerprint density at radius 1 is 1.13 bits per heavy atom. The maximum atomic E-state index is 5.59. The van der Waals surface area contributed by atoms with Crippen molar-refractivity contribution in [3.05, 3.63) is 41.3 Å². The highest BCUT2D eigenvalue weighted by molar-refractivity contribution is 6.29. The van der Waals surface area contributed by atoms with Crippen LogP contribution in [0.5, 0.6) is 11.6 Å². The summed E-state index contributed by atoms with van der Waals surface area (Å²) in [6, 6.07) is 6.94. The van der Waals surface area contributed by atoms with Crippen molar-refractivity contribution in [1.29, 1.82) is 0 Å². The first-order valence-corrected chi connectivity index (χ1v) is 4.71. The maximum absolute atomic E-state index is 5.59. The van der Waals surface area contributed by atoms with Crippen LogP contribution in [0.25, 0.3) is 0 Å². The van der Waals surface area contributed by atoms with Gasteiger partial charge in [0.2, 0.25) is 5.88 Å². The Labute approximate surface area is 91.9 Å². The fourth-order valence-corrected chi connectivity index (χ4v) is 1.09. The molecule has 0 unspecified atom stereocenters. The maximum Gasteiger partial charge on any atom is 0.239 e. The molecule has 0 spiro atoms. The van der Waals surface area contributed by atoms with Gasteiger partial charge in [-0.05, 0) is 25.1 Å². The molecule has 0 amide bonds. The molecule has 2 heterocycles. The summed E-state index contributed by atoms with van der Waals surface area (Å²) in [5, 5.41) is 7.76. The second-order valence-corrected chi connectivity index (χ2v) is 3.32. The summed E-state index contributed by atoms with van der Waals surface area (Å²) in [6.45, 7) is 1.91. The topological polar surface area (TPSA) is 47.9 Å². The highest BCUT2D eigenvalue weighted by atomic mass is 35.5. The summed E-state index contributed by atoms with van der Waals surface area (Å²) in [5.74, 6) is 1.02. The fourth-order valence-electron chi connectivity index (χ4n) is 0.994. The average molecular weight is 222 g/mol. The summed E-state index contributed by atoms with van der Waals surface area (Å²) in [7, 11) is 0. The molecule has 5 heteroatoms. The lowest BCUT2D eigenvalue weighted by molar-refractivity contribution is 0.453. The van der Waals surface area contributed by atoms with Gasteiger partial charge in [0.15, 0.2) is 5.15 Å². The van der Waals surface area contributed by atoms with E-state index in [2.05, 4.69) is 15.2 Å². The molecular weight excluding hydrogens is 214 g/mol. The summed E-state index contributed by atoms with van der Waals surface area (Å²) in [5.41, 5.74) is 0.935. The molecule has 2 rings (SSSR count). The van der Waals surface area contributed by atoms with Crippen LogP contribution < -0.4 is 4.74 Å². The molecule has 0 radical (unpaired) electrons. The van der Waals surface area contributed by atoms with Gasteiger partial charge in [0.05, 0.1) is 6.20 Å². The van der Waals surface area contributed by atoms with Crippen LogP contribution in [0.15, 0.2) is 30.5 Å². The van der Waals surface area contributed by atoms with Crippen molar-refractivity contribution in [2.75, 3.05) is 0 Å². The van der Waals surface area contributed by atoms with Crippen LogP contribution in [0.3, 0.4) is 0 Å². The lowest BCUT2D eigenvalue weighted by atomic mass is 10.4. The lowest BCUT2D eigenvalue weighted by Crippen LogP contribution is -1.91. The van der Waals surface area contributed by atoms with E-state index in [4.69, 9.17) is 16.3 Å². The number of nitrogens with zero attached hydrogens (tertiary/aromatic N) is 3. The Balaban J connectivity index is 2.15. The molecule has 0 aliphatic carbocycles. The Bertz CT molecular complexity index is 398. The first-order valence-electron chi connectivity index (χ1n) is 4.34. The first-order chi connectivity index (χ1) is 7.24. The molecule has 0 N–H and O–H groups in total. The van der Waals surface area contributed by atoms with Crippen LogP contribution in [0.4, 0.5) is 0 Å². The lowest BCUT2D eigenvalue weighted by Gasteiger charge is -2.02. The van der Waals surface area contributed by atoms with Gasteiger partial charge >= 0.3 is 0 Å². The predicted molar refractivity (Wildman–Crippen MR) is 56.1 cm³/mol. The molecule has 0 fully saturated rings. The van der Waals surface area contributed by atoms with E-state index in [0.29, 0.717) is 16.8 Å². The van der Waals surface area contributed by atoms with E-state index in [-0.39, 0.29) is 0 Å². The number of rotatable bonds is 2. The zero-order valence-corrected chi connectivity index (χ0v) is 8.77. The van der Waals surface area contributed by atoms with Gasteiger partial charge in [-0.15, -0.1) is 10.2 Å². The zero-order chi connectivity index (χ0) is 10.7. The molecule has 2 aromatic heterocycles. The Kier molecular flexibility index (Phi) is 2.78. The van der Waals surface area contributed by atoms with Gasteiger partial charge in [-0.1, -0.05) is 11.6 Å². The quantitative estimate of drug-likeness (QED) is 0.782. The van der Waals surface area contributed by atoms with Crippen molar-refractivity contribution in [3.8, 4) is 11.6 Å². The minimum absolute atomic E-state index is 0.337. The summed E-state index contributed by atoms with van der Waals surface area (Å²) in [6.07, 6.45) is 1.63. The van der Waals surface area contributed by atoms with E-state index in [9.17, 15) is 0 Å². The molecule has 4 nitrogen and oxygen atoms in total. The van der Waals surface area contributed by atoms with Gasteiger partial charge in [0, 0.05) is 11.8 Å². The Morgan fingerprint density at radius 2 is 2.00 bits per heavy atom. The molecule has 0 aliphatic heterocycles. The summed E-state index contributed by atoms with van der Waals surface area (Å²) >= 11 is 5.59. The number of hydrogen-bond donors (Lipinski definition) is 0. The predicted octanol–water partition coefficient (Wildman–Crippen LogP) is 2.63.